The monoisotopic (exact) mass is 1770 g/mol. The Bertz CT molecular complexity index is 1830. The van der Waals surface area contributed by atoms with E-state index >= 15 is 0 Å². The first-order chi connectivity index (χ1) is 30.1. The van der Waals surface area contributed by atoms with Crippen molar-refractivity contribution in [1.29, 1.82) is 0 Å². The molecule has 0 aliphatic rings. The predicted octanol–water partition coefficient (Wildman–Crippen LogP) is 14.5. The minimum absolute atomic E-state index is 0. The summed E-state index contributed by atoms with van der Waals surface area (Å²) in [5.41, 5.74) is 5.98. The van der Waals surface area contributed by atoms with Gasteiger partial charge in [0.05, 0.1) is 0 Å². The normalized spacial score (nSPS) is 7.01. The molecule has 10 radical (unpaired) electrons. The van der Waals surface area contributed by atoms with E-state index in [2.05, 4.69) is 111 Å². The van der Waals surface area contributed by atoms with Crippen LogP contribution < -0.4 is 10.9 Å². The van der Waals surface area contributed by atoms with Gasteiger partial charge in [0, 0.05) is 217 Å². The van der Waals surface area contributed by atoms with Gasteiger partial charge in [-0.2, -0.15) is 146 Å². The molecule has 0 atom stereocenters. The van der Waals surface area contributed by atoms with Crippen molar-refractivity contribution in [2.75, 3.05) is 0 Å². The summed E-state index contributed by atoms with van der Waals surface area (Å²) in [5.74, 6) is 0. The molecule has 9 aromatic carbocycles. The number of hydrogen-bond donors (Lipinski definition) is 0. The van der Waals surface area contributed by atoms with Crippen molar-refractivity contribution in [3.05, 3.63) is 318 Å². The van der Waals surface area contributed by atoms with E-state index in [1.165, 1.54) is 22.2 Å². The Morgan fingerprint density at radius 2 is 0.507 bits per heavy atom. The first-order valence-corrected chi connectivity index (χ1v) is 20.3. The maximum absolute atomic E-state index is 5.36. The topological polar surface area (TPSA) is 0 Å². The summed E-state index contributed by atoms with van der Waals surface area (Å²) in [5, 5.41) is 0. The molecule has 0 fully saturated rings. The molecule has 73 heavy (non-hydrogen) atoms. The third kappa shape index (κ3) is 74.4. The molecule has 0 spiro atoms. The van der Waals surface area contributed by atoms with E-state index in [4.69, 9.17) is 7.85 Å². The van der Waals surface area contributed by atoms with E-state index in [1.807, 2.05) is 228 Å². The van der Waals surface area contributed by atoms with Crippen LogP contribution in [0.25, 0.3) is 11.1 Å². The fraction of sp³-hybridized carbons (Fsp3) is 0.0667. The quantitative estimate of drug-likeness (QED) is 0.120. The van der Waals surface area contributed by atoms with Crippen LogP contribution in [0.4, 0.5) is 0 Å². The summed E-state index contributed by atoms with van der Waals surface area (Å²) in [6.07, 6.45) is 0. The third-order valence-corrected chi connectivity index (χ3v) is 7.18. The van der Waals surface area contributed by atoms with Gasteiger partial charge in [-0.25, -0.2) is 0 Å². The molecule has 0 amide bonds. The summed E-state index contributed by atoms with van der Waals surface area (Å²) in [4.78, 5) is 0. The van der Waals surface area contributed by atoms with Crippen molar-refractivity contribution >= 4 is 33.3 Å². The molecular weight excluding hydrogens is 1710 g/mol. The molecule has 0 heterocycles. The van der Waals surface area contributed by atoms with Gasteiger partial charge in [0.1, 0.15) is 22.4 Å². The Hall–Kier alpha value is 2.45. The van der Waals surface area contributed by atoms with E-state index in [0.29, 0.717) is 0 Å². The summed E-state index contributed by atoms with van der Waals surface area (Å²) in [6.45, 7) is 8.12. The van der Waals surface area contributed by atoms with Crippen LogP contribution in [-0.2, 0) is 278 Å². The molecule has 9 aromatic rings. The summed E-state index contributed by atoms with van der Waals surface area (Å²) >= 11 is 0. The van der Waals surface area contributed by atoms with Gasteiger partial charge in [-0.15, -0.1) is 0 Å². The van der Waals surface area contributed by atoms with E-state index in [-0.39, 0.29) is 293 Å². The molecule has 0 N–H and O–H groups in total. The van der Waals surface area contributed by atoms with Gasteiger partial charge in [-0.05, 0) is 18.1 Å². The predicted molar refractivity (Wildman–Crippen MR) is 284 cm³/mol. The second-order valence-electron chi connectivity index (χ2n) is 12.4. The second kappa shape index (κ2) is 85.7. The zero-order valence-corrected chi connectivity index (χ0v) is 66.2. The summed E-state index contributed by atoms with van der Waals surface area (Å²) in [7, 11) is 9.44. The van der Waals surface area contributed by atoms with Gasteiger partial charge < -0.3 is 14.9 Å². The Balaban J connectivity index is -0.0000000570. The number of rotatable bonds is 2. The van der Waals surface area contributed by atoms with Gasteiger partial charge >= 0.3 is 61.3 Å². The largest absolute Gasteiger partial charge is 2.00 e. The van der Waals surface area contributed by atoms with E-state index in [0.717, 1.165) is 5.46 Å². The van der Waals surface area contributed by atoms with Crippen molar-refractivity contribution in [1.82, 2.24) is 0 Å². The van der Waals surface area contributed by atoms with E-state index in [1.54, 1.807) is 0 Å². The molecule has 0 aliphatic heterocycles. The first kappa shape index (κ1) is 104. The average Bonchev–Trinajstić information content (AvgIpc) is 3.37. The molecule has 0 saturated carbocycles. The minimum atomic E-state index is 0. The number of hydrogen-bond acceptors (Lipinski definition) is 0. The average molecular weight is 1780 g/mol. The molecule has 0 nitrogen and oxygen atoms in total. The van der Waals surface area contributed by atoms with Gasteiger partial charge in [-0.3, -0.25) is 0 Å². The first-order valence-electron chi connectivity index (χ1n) is 20.3. The van der Waals surface area contributed by atoms with E-state index < -0.39 is 0 Å². The fourth-order valence-electron chi connectivity index (χ4n) is 4.26. The fourth-order valence-corrected chi connectivity index (χ4v) is 4.26. The Morgan fingerprint density at radius 1 is 0.315 bits per heavy atom. The van der Waals surface area contributed by atoms with E-state index in [9.17, 15) is 0 Å². The number of aryl methyl sites for hydroxylation is 1. The summed E-state index contributed by atoms with van der Waals surface area (Å²) < 4.78 is 0. The molecule has 9 rings (SSSR count). The van der Waals surface area contributed by atoms with Crippen LogP contribution in [0.5, 0.6) is 0 Å². The maximum Gasteiger partial charge on any atom is 2.00 e. The Labute approximate surface area is 655 Å². The Kier molecular flexibility index (Phi) is 122. The smallest absolute Gasteiger partial charge is 0.358 e. The van der Waals surface area contributed by atoms with Gasteiger partial charge in [-0.1, -0.05) is 189 Å². The Morgan fingerprint density at radius 3 is 0.630 bits per heavy atom. The van der Waals surface area contributed by atoms with Crippen molar-refractivity contribution in [2.24, 2.45) is 0 Å². The van der Waals surface area contributed by atoms with Crippen LogP contribution in [-0.4, -0.2) is 22.4 Å². The third-order valence-electron chi connectivity index (χ3n) is 7.18. The van der Waals surface area contributed by atoms with Crippen molar-refractivity contribution in [3.63, 3.8) is 0 Å². The molecule has 370 valence electrons. The zero-order chi connectivity index (χ0) is 43.9. The van der Waals surface area contributed by atoms with Crippen LogP contribution in [0.1, 0.15) is 5.56 Å². The molecule has 0 saturated heterocycles. The van der Waals surface area contributed by atoms with Crippen LogP contribution in [0, 0.1) is 46.0 Å². The van der Waals surface area contributed by atoms with Crippen molar-refractivity contribution in [3.8, 4) is 11.1 Å². The van der Waals surface area contributed by atoms with Gasteiger partial charge in [0.25, 0.3) is 0 Å². The summed E-state index contributed by atoms with van der Waals surface area (Å²) in [6, 6.07) is 101. The minimum Gasteiger partial charge on any atom is -0.358 e. The number of benzene rings is 9. The van der Waals surface area contributed by atoms with Gasteiger partial charge in [0.2, 0.25) is 0 Å². The second-order valence-corrected chi connectivity index (χ2v) is 12.4. The molecule has 0 aromatic heterocycles. The van der Waals surface area contributed by atoms with Crippen molar-refractivity contribution < 1.29 is 278 Å². The molecular formula is C60H63B3Pd4Y6. The SMILES string of the molecule is C[B]C.C[B]c1ccccc1.Cc1ccccc1.[B]c1ccccc1.[CH3-].[CH3-].[Pd+2].[Pd+2].[Pd+2].[Pd].[Y].[Y].[Y].[Y].[Y].[Y].[c-]1ccccc1.[c-]1ccccc1.[c-]1ccccc1.[c-]1ccccc1.c1ccc(-c2ccccc2)cc1. The van der Waals surface area contributed by atoms with Crippen LogP contribution in [0.15, 0.2) is 273 Å². The van der Waals surface area contributed by atoms with Crippen LogP contribution in [0.2, 0.25) is 20.5 Å². The molecule has 0 unspecified atom stereocenters. The molecule has 0 aliphatic carbocycles. The standard InChI is InChI=1S/C12H10.C7H8B.C7H8.C6H5B.4C6H5.C2H6B.2CH3.4Pd.6Y/c1-3-7-11(8-4-1)12-9-5-2-6-10-12;1-8-7-5-3-2-4-6-7;1-7-5-3-2-4-6-7;7-6-4-2-1-3-5-6;4*1-2-4-6-5-3-1;1-3-2;;;;;;;;;;;;/h1-10H;2-6H,1H3;2-6H,1H3;1-5H;4*1-5H;1-2H3;2*1H3;;;;;;;;;;/q;;;;4*-1;;2*-1;;3*+2;;;;;;. The van der Waals surface area contributed by atoms with Gasteiger partial charge in [0.15, 0.2) is 0 Å². The van der Waals surface area contributed by atoms with Crippen LogP contribution in [0.3, 0.4) is 0 Å². The van der Waals surface area contributed by atoms with Crippen molar-refractivity contribution in [2.45, 2.75) is 27.4 Å². The zero-order valence-electron chi connectivity index (χ0n) is 42.9. The molecule has 0 bridgehead atoms. The maximum atomic E-state index is 5.36. The molecule has 13 heteroatoms. The van der Waals surface area contributed by atoms with Crippen LogP contribution >= 0.6 is 0 Å².